The van der Waals surface area contributed by atoms with Crippen molar-refractivity contribution in [2.45, 2.75) is 24.5 Å². The molecule has 0 saturated heterocycles. The first kappa shape index (κ1) is 17.6. The molecule has 0 bridgehead atoms. The Labute approximate surface area is 163 Å². The van der Waals surface area contributed by atoms with Crippen LogP contribution in [0.3, 0.4) is 0 Å². The predicted molar refractivity (Wildman–Crippen MR) is 98.8 cm³/mol. The van der Waals surface area contributed by atoms with Crippen LogP contribution in [0, 0.1) is 23.5 Å². The molecule has 3 aromatic rings. The van der Waals surface area contributed by atoms with Crippen molar-refractivity contribution in [2.75, 3.05) is 0 Å². The number of hydrogen-bond acceptors (Lipinski definition) is 3. The number of carbonyl (C=O) groups excluding carboxylic acids is 1. The van der Waals surface area contributed by atoms with Gasteiger partial charge in [-0.2, -0.15) is 5.10 Å². The zero-order valence-electron chi connectivity index (χ0n) is 14.5. The topological polar surface area (TPSA) is 78.0 Å². The van der Waals surface area contributed by atoms with Crippen LogP contribution in [0.5, 0.6) is 0 Å². The first-order valence-corrected chi connectivity index (χ1v) is 9.35. The summed E-state index contributed by atoms with van der Waals surface area (Å²) in [5.41, 5.74) is 0.543. The lowest BCUT2D eigenvalue weighted by molar-refractivity contribution is 0.0293. The maximum absolute atomic E-state index is 13.3. The van der Waals surface area contributed by atoms with Crippen molar-refractivity contribution < 1.29 is 18.7 Å². The molecule has 0 aliphatic heterocycles. The summed E-state index contributed by atoms with van der Waals surface area (Å²) in [5, 5.41) is 22.3. The standard InChI is InChI=1S/C20H16ClF2N3O2/c21-10-4-14(13-8-24-26-17(13)5-10)20(28)6-11-12(7-20)18(11)25-19(27)9-1-2-15(22)16(23)3-9/h1-5,8,11-12,18,28H,6-7H2,(H,24,26)(H,25,27)/t11-,12+,18+,20+. The second-order valence-corrected chi connectivity index (χ2v) is 8.12. The van der Waals surface area contributed by atoms with Gasteiger partial charge in [-0.15, -0.1) is 0 Å². The second-order valence-electron chi connectivity index (χ2n) is 7.68. The van der Waals surface area contributed by atoms with Crippen molar-refractivity contribution in [1.82, 2.24) is 15.5 Å². The summed E-state index contributed by atoms with van der Waals surface area (Å²) < 4.78 is 26.4. The molecule has 5 rings (SSSR count). The SMILES string of the molecule is O=C(N[C@H]1[C@@H]2C[C@@](O)(c3cc(Cl)cc4[nH]ncc34)C[C@@H]21)c1ccc(F)c(F)c1. The van der Waals surface area contributed by atoms with E-state index in [1.165, 1.54) is 6.07 Å². The number of aromatic amines is 1. The van der Waals surface area contributed by atoms with Gasteiger partial charge in [0.15, 0.2) is 11.6 Å². The van der Waals surface area contributed by atoms with Gasteiger partial charge < -0.3 is 10.4 Å². The Balaban J connectivity index is 1.32. The molecule has 1 amide bonds. The van der Waals surface area contributed by atoms with E-state index in [-0.39, 0.29) is 23.4 Å². The van der Waals surface area contributed by atoms with Crippen molar-refractivity contribution >= 4 is 28.4 Å². The highest BCUT2D eigenvalue weighted by Gasteiger charge is 2.62. The average Bonchev–Trinajstić information content (AvgIpc) is 3.03. The van der Waals surface area contributed by atoms with Crippen LogP contribution in [0.2, 0.25) is 5.02 Å². The van der Waals surface area contributed by atoms with E-state index >= 15 is 0 Å². The summed E-state index contributed by atoms with van der Waals surface area (Å²) in [6, 6.07) is 6.52. The van der Waals surface area contributed by atoms with Gasteiger partial charge in [-0.1, -0.05) is 11.6 Å². The summed E-state index contributed by atoms with van der Waals surface area (Å²) in [6.07, 6.45) is 2.65. The minimum Gasteiger partial charge on any atom is -0.385 e. The third-order valence-electron chi connectivity index (χ3n) is 5.98. The number of halogens is 3. The van der Waals surface area contributed by atoms with Gasteiger partial charge in [0.25, 0.3) is 5.91 Å². The molecule has 1 heterocycles. The Hall–Kier alpha value is -2.51. The monoisotopic (exact) mass is 403 g/mol. The summed E-state index contributed by atoms with van der Waals surface area (Å²) in [5.74, 6) is -2.23. The van der Waals surface area contributed by atoms with Gasteiger partial charge >= 0.3 is 0 Å². The maximum atomic E-state index is 13.3. The minimum absolute atomic E-state index is 0.0779. The van der Waals surface area contributed by atoms with E-state index < -0.39 is 23.1 Å². The molecule has 0 unspecified atom stereocenters. The molecule has 1 aromatic heterocycles. The number of benzene rings is 2. The molecule has 5 nitrogen and oxygen atoms in total. The zero-order chi connectivity index (χ0) is 19.6. The Morgan fingerprint density at radius 1 is 1.21 bits per heavy atom. The third-order valence-corrected chi connectivity index (χ3v) is 6.20. The number of hydrogen-bond donors (Lipinski definition) is 3. The van der Waals surface area contributed by atoms with Crippen LogP contribution in [0.25, 0.3) is 10.9 Å². The highest BCUT2D eigenvalue weighted by atomic mass is 35.5. The van der Waals surface area contributed by atoms with E-state index in [1.807, 2.05) is 0 Å². The van der Waals surface area contributed by atoms with Crippen LogP contribution < -0.4 is 5.32 Å². The number of nitrogens with one attached hydrogen (secondary N) is 2. The van der Waals surface area contributed by atoms with E-state index in [9.17, 15) is 18.7 Å². The first-order valence-electron chi connectivity index (χ1n) is 8.97. The Morgan fingerprint density at radius 3 is 2.68 bits per heavy atom. The van der Waals surface area contributed by atoms with Crippen LogP contribution in [0.15, 0.2) is 36.5 Å². The maximum Gasteiger partial charge on any atom is 0.251 e. The number of rotatable bonds is 3. The number of aromatic nitrogens is 2. The fourth-order valence-corrected chi connectivity index (χ4v) is 4.79. The average molecular weight is 404 g/mol. The van der Waals surface area contributed by atoms with E-state index in [4.69, 9.17) is 11.6 Å². The van der Waals surface area contributed by atoms with E-state index in [0.717, 1.165) is 28.6 Å². The molecule has 3 N–H and O–H groups in total. The summed E-state index contributed by atoms with van der Waals surface area (Å²) in [4.78, 5) is 12.3. The fraction of sp³-hybridized carbons (Fsp3) is 0.300. The van der Waals surface area contributed by atoms with Crippen LogP contribution >= 0.6 is 11.6 Å². The fourth-order valence-electron chi connectivity index (χ4n) is 4.57. The number of fused-ring (bicyclic) bond motifs is 2. The van der Waals surface area contributed by atoms with Gasteiger partial charge in [0, 0.05) is 22.0 Å². The molecular formula is C20H16ClF2N3O2. The first-order chi connectivity index (χ1) is 13.4. The quantitative estimate of drug-likeness (QED) is 0.626. The van der Waals surface area contributed by atoms with Crippen molar-refractivity contribution in [3.05, 3.63) is 64.3 Å². The van der Waals surface area contributed by atoms with E-state index in [2.05, 4.69) is 15.5 Å². The van der Waals surface area contributed by atoms with Crippen LogP contribution in [0.4, 0.5) is 8.78 Å². The third kappa shape index (κ3) is 2.69. The van der Waals surface area contributed by atoms with E-state index in [1.54, 1.807) is 18.3 Å². The Kier molecular flexibility index (Phi) is 3.76. The molecule has 2 saturated carbocycles. The van der Waals surface area contributed by atoms with Crippen LogP contribution in [0.1, 0.15) is 28.8 Å². The number of H-pyrrole nitrogens is 1. The Morgan fingerprint density at radius 2 is 1.96 bits per heavy atom. The molecule has 8 heteroatoms. The van der Waals surface area contributed by atoms with Crippen LogP contribution in [-0.2, 0) is 5.60 Å². The zero-order valence-corrected chi connectivity index (χ0v) is 15.3. The molecule has 4 atom stereocenters. The molecule has 28 heavy (non-hydrogen) atoms. The minimum atomic E-state index is -1.05. The van der Waals surface area contributed by atoms with Gasteiger partial charge in [-0.3, -0.25) is 9.89 Å². The molecule has 144 valence electrons. The van der Waals surface area contributed by atoms with Crippen molar-refractivity contribution in [1.29, 1.82) is 0 Å². The summed E-state index contributed by atoms with van der Waals surface area (Å²) >= 11 is 6.18. The van der Waals surface area contributed by atoms with E-state index in [0.29, 0.717) is 17.9 Å². The molecule has 2 aliphatic carbocycles. The number of carbonyl (C=O) groups is 1. The molecule has 2 aromatic carbocycles. The molecule has 0 radical (unpaired) electrons. The van der Waals surface area contributed by atoms with Gasteiger partial charge in [0.1, 0.15) is 0 Å². The lowest BCUT2D eigenvalue weighted by Gasteiger charge is -2.27. The molecule has 0 spiro atoms. The Bertz CT molecular complexity index is 1100. The van der Waals surface area contributed by atoms with Gasteiger partial charge in [-0.25, -0.2) is 8.78 Å². The largest absolute Gasteiger partial charge is 0.385 e. The van der Waals surface area contributed by atoms with Crippen LogP contribution in [-0.4, -0.2) is 27.3 Å². The van der Waals surface area contributed by atoms with Crippen molar-refractivity contribution in [3.8, 4) is 0 Å². The number of nitrogens with zero attached hydrogens (tertiary/aromatic N) is 1. The number of aliphatic hydroxyl groups is 1. The van der Waals surface area contributed by atoms with Crippen molar-refractivity contribution in [2.24, 2.45) is 11.8 Å². The highest BCUT2D eigenvalue weighted by Crippen LogP contribution is 2.60. The lowest BCUT2D eigenvalue weighted by Crippen LogP contribution is -2.33. The highest BCUT2D eigenvalue weighted by molar-refractivity contribution is 6.31. The summed E-state index contributed by atoms with van der Waals surface area (Å²) in [6.45, 7) is 0. The molecule has 2 fully saturated rings. The smallest absolute Gasteiger partial charge is 0.251 e. The molecule has 2 aliphatic rings. The predicted octanol–water partition coefficient (Wildman–Crippen LogP) is 3.52. The van der Waals surface area contributed by atoms with Crippen molar-refractivity contribution in [3.63, 3.8) is 0 Å². The lowest BCUT2D eigenvalue weighted by atomic mass is 9.86. The number of amides is 1. The second kappa shape index (κ2) is 5.99. The van der Waals surface area contributed by atoms with Gasteiger partial charge in [0.2, 0.25) is 0 Å². The van der Waals surface area contributed by atoms with Gasteiger partial charge in [0.05, 0.1) is 17.3 Å². The summed E-state index contributed by atoms with van der Waals surface area (Å²) in [7, 11) is 0. The van der Waals surface area contributed by atoms with Gasteiger partial charge in [-0.05, 0) is 60.6 Å². The normalized spacial score (nSPS) is 28.4. The molecular weight excluding hydrogens is 388 g/mol.